The summed E-state index contributed by atoms with van der Waals surface area (Å²) in [5.41, 5.74) is 1.47. The second-order valence-corrected chi connectivity index (χ2v) is 3.29. The van der Waals surface area contributed by atoms with Gasteiger partial charge in [0.1, 0.15) is 5.65 Å². The first-order valence-corrected chi connectivity index (χ1v) is 4.57. The number of carboxylic acids is 1. The number of H-pyrrole nitrogens is 1. The molecule has 5 nitrogen and oxygen atoms in total. The molecule has 0 aliphatic carbocycles. The standard InChI is InChI=1S/C10H10N2O3/c13-8-3-4-12-7(1-2-10(14)15)6-11-9(12)5-8/h3-6,11H,1-2H2,(H,14,15). The average molecular weight is 206 g/mol. The van der Waals surface area contributed by atoms with E-state index in [1.165, 1.54) is 12.1 Å². The molecule has 0 aliphatic heterocycles. The second-order valence-electron chi connectivity index (χ2n) is 3.29. The number of aryl methyl sites for hydroxylation is 1. The molecule has 15 heavy (non-hydrogen) atoms. The van der Waals surface area contributed by atoms with E-state index in [1.807, 2.05) is 0 Å². The molecule has 0 bridgehead atoms. The summed E-state index contributed by atoms with van der Waals surface area (Å²) in [6, 6.07) is 2.93. The summed E-state index contributed by atoms with van der Waals surface area (Å²) in [4.78, 5) is 24.4. The summed E-state index contributed by atoms with van der Waals surface area (Å²) < 4.78 is 1.78. The lowest BCUT2D eigenvalue weighted by Gasteiger charge is -1.98. The lowest BCUT2D eigenvalue weighted by Crippen LogP contribution is -2.03. The quantitative estimate of drug-likeness (QED) is 0.774. The molecule has 0 unspecified atom stereocenters. The van der Waals surface area contributed by atoms with Crippen molar-refractivity contribution in [3.63, 3.8) is 0 Å². The van der Waals surface area contributed by atoms with Crippen LogP contribution in [-0.2, 0) is 11.2 Å². The van der Waals surface area contributed by atoms with E-state index in [-0.39, 0.29) is 11.8 Å². The zero-order valence-corrected chi connectivity index (χ0v) is 7.93. The largest absolute Gasteiger partial charge is 0.481 e. The highest BCUT2D eigenvalue weighted by Crippen LogP contribution is 2.06. The van der Waals surface area contributed by atoms with Gasteiger partial charge in [-0.2, -0.15) is 0 Å². The van der Waals surface area contributed by atoms with E-state index in [0.29, 0.717) is 12.1 Å². The predicted molar refractivity (Wildman–Crippen MR) is 54.0 cm³/mol. The monoisotopic (exact) mass is 206 g/mol. The lowest BCUT2D eigenvalue weighted by atomic mass is 10.2. The number of rotatable bonds is 3. The maximum Gasteiger partial charge on any atom is 0.303 e. The van der Waals surface area contributed by atoms with E-state index in [4.69, 9.17) is 5.11 Å². The Morgan fingerprint density at radius 1 is 1.53 bits per heavy atom. The van der Waals surface area contributed by atoms with Crippen molar-refractivity contribution < 1.29 is 9.90 Å². The molecule has 78 valence electrons. The van der Waals surface area contributed by atoms with E-state index in [1.54, 1.807) is 16.8 Å². The molecule has 0 aromatic carbocycles. The van der Waals surface area contributed by atoms with Crippen LogP contribution in [0.2, 0.25) is 0 Å². The Bertz CT molecular complexity index is 553. The van der Waals surface area contributed by atoms with Gasteiger partial charge in [-0.15, -0.1) is 0 Å². The van der Waals surface area contributed by atoms with Crippen LogP contribution in [0.4, 0.5) is 0 Å². The topological polar surface area (TPSA) is 74.6 Å². The van der Waals surface area contributed by atoms with Gasteiger partial charge in [-0.3, -0.25) is 9.59 Å². The molecule has 5 heteroatoms. The Morgan fingerprint density at radius 2 is 2.33 bits per heavy atom. The highest BCUT2D eigenvalue weighted by atomic mass is 16.4. The third kappa shape index (κ3) is 1.90. The van der Waals surface area contributed by atoms with Crippen molar-refractivity contribution in [3.8, 4) is 0 Å². The van der Waals surface area contributed by atoms with E-state index < -0.39 is 5.97 Å². The second kappa shape index (κ2) is 3.61. The fourth-order valence-corrected chi connectivity index (χ4v) is 1.50. The van der Waals surface area contributed by atoms with Gasteiger partial charge in [-0.1, -0.05) is 0 Å². The molecule has 0 saturated heterocycles. The molecular weight excluding hydrogens is 196 g/mol. The maximum atomic E-state index is 11.0. The van der Waals surface area contributed by atoms with Crippen LogP contribution in [0.3, 0.4) is 0 Å². The van der Waals surface area contributed by atoms with Gasteiger partial charge in [0, 0.05) is 30.2 Å². The SMILES string of the molecule is O=C(O)CCc1c[nH]c2cc(=O)ccn12. The summed E-state index contributed by atoms with van der Waals surface area (Å²) >= 11 is 0. The minimum Gasteiger partial charge on any atom is -0.481 e. The summed E-state index contributed by atoms with van der Waals surface area (Å²) in [5, 5.41) is 8.56. The summed E-state index contributed by atoms with van der Waals surface area (Å²) in [7, 11) is 0. The van der Waals surface area contributed by atoms with Gasteiger partial charge < -0.3 is 14.5 Å². The third-order valence-corrected chi connectivity index (χ3v) is 2.22. The predicted octanol–water partition coefficient (Wildman–Crippen LogP) is 0.645. The Balaban J connectivity index is 2.36. The van der Waals surface area contributed by atoms with Crippen LogP contribution >= 0.6 is 0 Å². The van der Waals surface area contributed by atoms with Crippen molar-refractivity contribution in [2.75, 3.05) is 0 Å². The molecule has 2 N–H and O–H groups in total. The molecule has 0 spiro atoms. The summed E-state index contributed by atoms with van der Waals surface area (Å²) in [6.07, 6.45) is 3.89. The molecule has 0 amide bonds. The number of nitrogens with zero attached hydrogens (tertiary/aromatic N) is 1. The molecule has 0 saturated carbocycles. The number of hydrogen-bond donors (Lipinski definition) is 2. The Labute approximate surface area is 85.0 Å². The molecule has 0 fully saturated rings. The number of aliphatic carboxylic acids is 1. The molecule has 2 rings (SSSR count). The van der Waals surface area contributed by atoms with E-state index in [0.717, 1.165) is 5.69 Å². The van der Waals surface area contributed by atoms with Crippen LogP contribution in [0.5, 0.6) is 0 Å². The van der Waals surface area contributed by atoms with Gasteiger partial charge in [0.2, 0.25) is 0 Å². The van der Waals surface area contributed by atoms with Gasteiger partial charge in [-0.05, 0) is 6.42 Å². The average Bonchev–Trinajstić information content (AvgIpc) is 2.57. The Hall–Kier alpha value is -2.04. The smallest absolute Gasteiger partial charge is 0.303 e. The highest BCUT2D eigenvalue weighted by Gasteiger charge is 2.04. The van der Waals surface area contributed by atoms with Crippen LogP contribution in [0.25, 0.3) is 5.65 Å². The first-order valence-electron chi connectivity index (χ1n) is 4.57. The van der Waals surface area contributed by atoms with Gasteiger partial charge in [0.05, 0.1) is 6.42 Å². The number of carbonyl (C=O) groups is 1. The molecule has 2 heterocycles. The number of fused-ring (bicyclic) bond motifs is 1. The number of carboxylic acid groups (broad SMARTS) is 1. The van der Waals surface area contributed by atoms with Gasteiger partial charge in [-0.25, -0.2) is 0 Å². The van der Waals surface area contributed by atoms with E-state index in [2.05, 4.69) is 4.98 Å². The van der Waals surface area contributed by atoms with Crippen molar-refractivity contribution >= 4 is 11.6 Å². The maximum absolute atomic E-state index is 11.0. The minimum atomic E-state index is -0.828. The fourth-order valence-electron chi connectivity index (χ4n) is 1.50. The normalized spacial score (nSPS) is 10.7. The van der Waals surface area contributed by atoms with Crippen molar-refractivity contribution in [2.24, 2.45) is 0 Å². The fraction of sp³-hybridized carbons (Fsp3) is 0.200. The van der Waals surface area contributed by atoms with Crippen molar-refractivity contribution in [1.82, 2.24) is 9.38 Å². The lowest BCUT2D eigenvalue weighted by molar-refractivity contribution is -0.136. The zero-order chi connectivity index (χ0) is 10.8. The Morgan fingerprint density at radius 3 is 3.07 bits per heavy atom. The van der Waals surface area contributed by atoms with Crippen LogP contribution in [0.1, 0.15) is 12.1 Å². The van der Waals surface area contributed by atoms with Crippen LogP contribution in [-0.4, -0.2) is 20.5 Å². The first-order chi connectivity index (χ1) is 7.16. The molecule has 0 aliphatic rings. The summed E-state index contributed by atoms with van der Waals surface area (Å²) in [6.45, 7) is 0. The minimum absolute atomic E-state index is 0.0679. The molecular formula is C10H10N2O3. The van der Waals surface area contributed by atoms with Crippen molar-refractivity contribution in [3.05, 3.63) is 40.4 Å². The first kappa shape index (κ1) is 9.51. The molecule has 2 aromatic heterocycles. The van der Waals surface area contributed by atoms with Crippen LogP contribution in [0, 0.1) is 0 Å². The summed E-state index contributed by atoms with van der Waals surface area (Å²) in [5.74, 6) is -0.828. The van der Waals surface area contributed by atoms with Crippen molar-refractivity contribution in [1.29, 1.82) is 0 Å². The van der Waals surface area contributed by atoms with Crippen LogP contribution < -0.4 is 5.43 Å². The van der Waals surface area contributed by atoms with Crippen LogP contribution in [0.15, 0.2) is 29.3 Å². The number of hydrogen-bond acceptors (Lipinski definition) is 2. The van der Waals surface area contributed by atoms with E-state index >= 15 is 0 Å². The number of aromatic nitrogens is 2. The van der Waals surface area contributed by atoms with Gasteiger partial charge in [0.15, 0.2) is 5.43 Å². The number of imidazole rings is 1. The Kier molecular flexibility index (Phi) is 2.29. The van der Waals surface area contributed by atoms with Gasteiger partial charge >= 0.3 is 5.97 Å². The number of aromatic amines is 1. The van der Waals surface area contributed by atoms with Crippen molar-refractivity contribution in [2.45, 2.75) is 12.8 Å². The zero-order valence-electron chi connectivity index (χ0n) is 7.93. The molecule has 0 atom stereocenters. The van der Waals surface area contributed by atoms with E-state index in [9.17, 15) is 9.59 Å². The molecule has 2 aromatic rings. The highest BCUT2D eigenvalue weighted by molar-refractivity contribution is 5.67. The number of nitrogens with one attached hydrogen (secondary N) is 1. The number of pyridine rings is 1. The van der Waals surface area contributed by atoms with Gasteiger partial charge in [0.25, 0.3) is 0 Å². The third-order valence-electron chi connectivity index (χ3n) is 2.22. The molecule has 0 radical (unpaired) electrons.